The first-order valence-electron chi connectivity index (χ1n) is 6.93. The van der Waals surface area contributed by atoms with Gasteiger partial charge in [0.05, 0.1) is 19.5 Å². The molecule has 2 heterocycles. The Balaban J connectivity index is 1.77. The van der Waals surface area contributed by atoms with Crippen LogP contribution in [0.3, 0.4) is 0 Å². The summed E-state index contributed by atoms with van der Waals surface area (Å²) in [5, 5.41) is 3.12. The van der Waals surface area contributed by atoms with E-state index >= 15 is 0 Å². The van der Waals surface area contributed by atoms with E-state index in [1.807, 2.05) is 24.3 Å². The molecule has 0 atom stereocenters. The van der Waals surface area contributed by atoms with Gasteiger partial charge in [0.1, 0.15) is 0 Å². The molecule has 1 saturated heterocycles. The molecule has 3 rings (SSSR count). The van der Waals surface area contributed by atoms with Crippen molar-refractivity contribution in [3.8, 4) is 5.75 Å². The number of rotatable bonds is 4. The maximum atomic E-state index is 12.0. The third-order valence-corrected chi connectivity index (χ3v) is 3.49. The highest BCUT2D eigenvalue weighted by Crippen LogP contribution is 2.24. The highest BCUT2D eigenvalue weighted by molar-refractivity contribution is 5.94. The van der Waals surface area contributed by atoms with E-state index in [0.29, 0.717) is 18.2 Å². The van der Waals surface area contributed by atoms with Gasteiger partial charge in [-0.05, 0) is 18.2 Å². The molecule has 0 unspecified atom stereocenters. The SMILES string of the molecule is COc1cnc(Nc2cccc(N3CCN(C)C3=O)c2)nc1. The summed E-state index contributed by atoms with van der Waals surface area (Å²) in [5.41, 5.74) is 1.68. The molecule has 7 heteroatoms. The van der Waals surface area contributed by atoms with Gasteiger partial charge in [-0.2, -0.15) is 0 Å². The molecule has 1 aromatic heterocycles. The number of methoxy groups -OCH3 is 1. The molecular formula is C15H17N5O2. The van der Waals surface area contributed by atoms with Crippen molar-refractivity contribution in [3.63, 3.8) is 0 Å². The molecule has 0 saturated carbocycles. The highest BCUT2D eigenvalue weighted by Gasteiger charge is 2.26. The molecule has 1 N–H and O–H groups in total. The van der Waals surface area contributed by atoms with Crippen LogP contribution in [0.25, 0.3) is 0 Å². The Kier molecular flexibility index (Phi) is 3.78. The lowest BCUT2D eigenvalue weighted by molar-refractivity contribution is 0.229. The number of likely N-dealkylation sites (N-methyl/N-ethyl adjacent to an activating group) is 1. The summed E-state index contributed by atoms with van der Waals surface area (Å²) in [7, 11) is 3.37. The average molecular weight is 299 g/mol. The standard InChI is InChI=1S/C15H17N5O2/c1-19-6-7-20(15(19)21)12-5-3-4-11(8-12)18-14-16-9-13(22-2)10-17-14/h3-5,8-10H,6-7H2,1-2H3,(H,16,17,18). The van der Waals surface area contributed by atoms with Crippen LogP contribution in [0, 0.1) is 0 Å². The van der Waals surface area contributed by atoms with Gasteiger partial charge in [-0.25, -0.2) is 14.8 Å². The van der Waals surface area contributed by atoms with E-state index in [2.05, 4.69) is 15.3 Å². The second-order valence-corrected chi connectivity index (χ2v) is 4.98. The topological polar surface area (TPSA) is 70.6 Å². The van der Waals surface area contributed by atoms with E-state index in [9.17, 15) is 4.79 Å². The molecule has 22 heavy (non-hydrogen) atoms. The van der Waals surface area contributed by atoms with E-state index in [4.69, 9.17) is 4.74 Å². The zero-order valence-electron chi connectivity index (χ0n) is 12.5. The molecule has 0 bridgehead atoms. The zero-order chi connectivity index (χ0) is 15.5. The smallest absolute Gasteiger partial charge is 0.324 e. The van der Waals surface area contributed by atoms with Crippen LogP contribution in [0.4, 0.5) is 22.1 Å². The van der Waals surface area contributed by atoms with Crippen LogP contribution >= 0.6 is 0 Å². The lowest BCUT2D eigenvalue weighted by Gasteiger charge is -2.17. The Labute approximate surface area is 128 Å². The summed E-state index contributed by atoms with van der Waals surface area (Å²) in [6.07, 6.45) is 3.19. The number of hydrogen-bond donors (Lipinski definition) is 1. The number of ether oxygens (including phenoxy) is 1. The number of benzene rings is 1. The number of aromatic nitrogens is 2. The molecule has 7 nitrogen and oxygen atoms in total. The third kappa shape index (κ3) is 2.78. The Morgan fingerprint density at radius 2 is 2.00 bits per heavy atom. The zero-order valence-corrected chi connectivity index (χ0v) is 12.5. The average Bonchev–Trinajstić information content (AvgIpc) is 2.88. The van der Waals surface area contributed by atoms with Gasteiger partial charge < -0.3 is 15.0 Å². The number of nitrogens with one attached hydrogen (secondary N) is 1. The van der Waals surface area contributed by atoms with Crippen molar-refractivity contribution in [2.45, 2.75) is 0 Å². The molecule has 2 amide bonds. The summed E-state index contributed by atoms with van der Waals surface area (Å²) in [6.45, 7) is 1.43. The fraction of sp³-hybridized carbons (Fsp3) is 0.267. The van der Waals surface area contributed by atoms with Gasteiger partial charge in [-0.3, -0.25) is 4.90 Å². The molecular weight excluding hydrogens is 282 g/mol. The monoisotopic (exact) mass is 299 g/mol. The van der Waals surface area contributed by atoms with Gasteiger partial charge in [0.2, 0.25) is 5.95 Å². The van der Waals surface area contributed by atoms with Crippen LogP contribution in [0.15, 0.2) is 36.7 Å². The first-order chi connectivity index (χ1) is 10.7. The van der Waals surface area contributed by atoms with Gasteiger partial charge in [-0.1, -0.05) is 6.07 Å². The van der Waals surface area contributed by atoms with Crippen molar-refractivity contribution < 1.29 is 9.53 Å². The lowest BCUT2D eigenvalue weighted by Crippen LogP contribution is -2.29. The molecule has 114 valence electrons. The number of hydrogen-bond acceptors (Lipinski definition) is 5. The van der Waals surface area contributed by atoms with Crippen LogP contribution in [0.1, 0.15) is 0 Å². The van der Waals surface area contributed by atoms with E-state index in [-0.39, 0.29) is 6.03 Å². The second kappa shape index (κ2) is 5.88. The van der Waals surface area contributed by atoms with Crippen LogP contribution < -0.4 is 15.0 Å². The van der Waals surface area contributed by atoms with Gasteiger partial charge in [0.25, 0.3) is 0 Å². The maximum absolute atomic E-state index is 12.0. The molecule has 0 spiro atoms. The predicted molar refractivity (Wildman–Crippen MR) is 83.7 cm³/mol. The number of amides is 2. The highest BCUT2D eigenvalue weighted by atomic mass is 16.5. The molecule has 1 aromatic carbocycles. The largest absolute Gasteiger partial charge is 0.494 e. The van der Waals surface area contributed by atoms with Crippen LogP contribution in [-0.4, -0.2) is 48.1 Å². The van der Waals surface area contributed by atoms with E-state index in [0.717, 1.165) is 17.9 Å². The molecule has 0 aliphatic carbocycles. The molecule has 2 aromatic rings. The maximum Gasteiger partial charge on any atom is 0.324 e. The van der Waals surface area contributed by atoms with Gasteiger partial charge >= 0.3 is 6.03 Å². The van der Waals surface area contributed by atoms with Crippen molar-refractivity contribution in [3.05, 3.63) is 36.7 Å². The summed E-state index contributed by atoms with van der Waals surface area (Å²) >= 11 is 0. The molecule has 0 radical (unpaired) electrons. The van der Waals surface area contributed by atoms with E-state index < -0.39 is 0 Å². The quantitative estimate of drug-likeness (QED) is 0.936. The minimum atomic E-state index is 0.0119. The number of carbonyl (C=O) groups is 1. The number of carbonyl (C=O) groups excluding carboxylic acids is 1. The molecule has 1 fully saturated rings. The number of anilines is 3. The fourth-order valence-electron chi connectivity index (χ4n) is 2.25. The Hall–Kier alpha value is -2.83. The van der Waals surface area contributed by atoms with Gasteiger partial charge in [0.15, 0.2) is 5.75 Å². The van der Waals surface area contributed by atoms with Crippen LogP contribution in [0.5, 0.6) is 5.75 Å². The minimum Gasteiger partial charge on any atom is -0.494 e. The predicted octanol–water partition coefficient (Wildman–Crippen LogP) is 2.10. The Morgan fingerprint density at radius 1 is 1.23 bits per heavy atom. The van der Waals surface area contributed by atoms with Gasteiger partial charge in [-0.15, -0.1) is 0 Å². The van der Waals surface area contributed by atoms with Crippen molar-refractivity contribution in [2.24, 2.45) is 0 Å². The second-order valence-electron chi connectivity index (χ2n) is 4.98. The summed E-state index contributed by atoms with van der Waals surface area (Å²) in [5.74, 6) is 1.08. The van der Waals surface area contributed by atoms with E-state index in [1.54, 1.807) is 36.4 Å². The fourth-order valence-corrected chi connectivity index (χ4v) is 2.25. The van der Waals surface area contributed by atoms with Crippen molar-refractivity contribution >= 4 is 23.4 Å². The van der Waals surface area contributed by atoms with E-state index in [1.165, 1.54) is 0 Å². The Morgan fingerprint density at radius 3 is 2.64 bits per heavy atom. The summed E-state index contributed by atoms with van der Waals surface area (Å²) < 4.78 is 5.03. The normalized spacial score (nSPS) is 14.4. The summed E-state index contributed by atoms with van der Waals surface area (Å²) in [6, 6.07) is 7.63. The number of urea groups is 1. The van der Waals surface area contributed by atoms with Crippen LogP contribution in [0.2, 0.25) is 0 Å². The summed E-state index contributed by atoms with van der Waals surface area (Å²) in [4.78, 5) is 23.8. The molecule has 1 aliphatic heterocycles. The van der Waals surface area contributed by atoms with Crippen molar-refractivity contribution in [1.29, 1.82) is 0 Å². The van der Waals surface area contributed by atoms with Crippen LogP contribution in [-0.2, 0) is 0 Å². The molecule has 1 aliphatic rings. The van der Waals surface area contributed by atoms with Crippen molar-refractivity contribution in [2.75, 3.05) is 37.5 Å². The first-order valence-corrected chi connectivity index (χ1v) is 6.93. The van der Waals surface area contributed by atoms with Gasteiger partial charge in [0, 0.05) is 31.5 Å². The first kappa shape index (κ1) is 14.1. The lowest BCUT2D eigenvalue weighted by atomic mass is 10.2. The Bertz CT molecular complexity index is 674. The minimum absolute atomic E-state index is 0.0119. The number of nitrogens with zero attached hydrogens (tertiary/aromatic N) is 4. The van der Waals surface area contributed by atoms with Crippen molar-refractivity contribution in [1.82, 2.24) is 14.9 Å². The third-order valence-electron chi connectivity index (χ3n) is 3.49.